The molecule has 5 rings (SSSR count). The van der Waals surface area contributed by atoms with Crippen molar-refractivity contribution in [2.24, 2.45) is 10.8 Å². The molecule has 204 valence electrons. The summed E-state index contributed by atoms with van der Waals surface area (Å²) in [7, 11) is 2.00. The Balaban J connectivity index is 1.63. The van der Waals surface area contributed by atoms with Gasteiger partial charge in [-0.05, 0) is 59.6 Å². The topological polar surface area (TPSA) is 89.8 Å². The minimum atomic E-state index is -0.511. The number of nitro benzene ring substituents is 1. The van der Waals surface area contributed by atoms with Gasteiger partial charge in [0.1, 0.15) is 12.4 Å². The minimum absolute atomic E-state index is 0.0193. The lowest BCUT2D eigenvalue weighted by Gasteiger charge is -2.48. The largest absolute Gasteiger partial charge is 0.489 e. The molecule has 7 nitrogen and oxygen atoms in total. The van der Waals surface area contributed by atoms with Gasteiger partial charge in [0.15, 0.2) is 11.6 Å². The van der Waals surface area contributed by atoms with Crippen LogP contribution >= 0.6 is 15.9 Å². The Morgan fingerprint density at radius 1 is 0.923 bits per heavy atom. The van der Waals surface area contributed by atoms with E-state index >= 15 is 0 Å². The van der Waals surface area contributed by atoms with E-state index < -0.39 is 10.8 Å². The number of rotatable bonds is 5. The summed E-state index contributed by atoms with van der Waals surface area (Å²) in [6, 6.07) is 12.0. The molecule has 0 bridgehead atoms. The smallest absolute Gasteiger partial charge is 0.269 e. The van der Waals surface area contributed by atoms with Gasteiger partial charge in [0.2, 0.25) is 0 Å². The highest BCUT2D eigenvalue weighted by molar-refractivity contribution is 9.10. The van der Waals surface area contributed by atoms with Gasteiger partial charge in [-0.15, -0.1) is 0 Å². The van der Waals surface area contributed by atoms with Crippen LogP contribution in [-0.4, -0.2) is 28.4 Å². The van der Waals surface area contributed by atoms with Crippen molar-refractivity contribution in [2.75, 3.05) is 7.05 Å². The van der Waals surface area contributed by atoms with Gasteiger partial charge in [-0.2, -0.15) is 0 Å². The van der Waals surface area contributed by atoms with E-state index in [4.69, 9.17) is 4.74 Å². The van der Waals surface area contributed by atoms with Gasteiger partial charge in [-0.3, -0.25) is 19.7 Å². The van der Waals surface area contributed by atoms with Crippen LogP contribution in [0.5, 0.6) is 5.75 Å². The second kappa shape index (κ2) is 9.73. The Bertz CT molecular complexity index is 1400. The molecule has 2 aromatic carbocycles. The predicted octanol–water partition coefficient (Wildman–Crippen LogP) is 7.25. The number of ketones is 2. The van der Waals surface area contributed by atoms with Crippen molar-refractivity contribution in [3.05, 3.63) is 90.7 Å². The van der Waals surface area contributed by atoms with Gasteiger partial charge in [0.05, 0.1) is 4.92 Å². The first-order valence-corrected chi connectivity index (χ1v) is 14.0. The molecule has 0 unspecified atom stereocenters. The SMILES string of the molecule is CN1C2=C(C(=O)CC(C)(C)C2)C(c2cc(Br)ccc2OCc2ccc([N+](=O)[O-])cc2)C2=C1CC(C)(C)CC2=O. The quantitative estimate of drug-likeness (QED) is 0.268. The molecule has 0 radical (unpaired) electrons. The van der Waals surface area contributed by atoms with Gasteiger partial charge in [0.25, 0.3) is 5.69 Å². The van der Waals surface area contributed by atoms with E-state index in [2.05, 4.69) is 48.5 Å². The van der Waals surface area contributed by atoms with Crippen molar-refractivity contribution in [3.8, 4) is 5.75 Å². The fourth-order valence-corrected chi connectivity index (χ4v) is 6.61. The fraction of sp³-hybridized carbons (Fsp3) is 0.419. The van der Waals surface area contributed by atoms with Crippen LogP contribution in [0.15, 0.2) is 69.5 Å². The van der Waals surface area contributed by atoms with Crippen molar-refractivity contribution in [1.82, 2.24) is 4.90 Å². The second-order valence-corrected chi connectivity index (χ2v) is 13.4. The molecular formula is C31H33BrN2O5. The summed E-state index contributed by atoms with van der Waals surface area (Å²) >= 11 is 3.60. The number of allylic oxidation sites excluding steroid dienone is 4. The average Bonchev–Trinajstić information content (AvgIpc) is 2.83. The predicted molar refractivity (Wildman–Crippen MR) is 152 cm³/mol. The number of non-ortho nitro benzene ring substituents is 1. The van der Waals surface area contributed by atoms with Crippen LogP contribution in [0.1, 0.15) is 70.4 Å². The zero-order chi connectivity index (χ0) is 28.3. The third-order valence-electron chi connectivity index (χ3n) is 8.00. The molecule has 3 aliphatic rings. The Hall–Kier alpha value is -3.26. The first kappa shape index (κ1) is 27.3. The number of nitrogens with zero attached hydrogens (tertiary/aromatic N) is 2. The number of ether oxygens (including phenoxy) is 1. The van der Waals surface area contributed by atoms with E-state index in [0.717, 1.165) is 39.8 Å². The Kier molecular flexibility index (Phi) is 6.82. The van der Waals surface area contributed by atoms with Crippen LogP contribution in [0.25, 0.3) is 0 Å². The molecule has 2 aromatic rings. The lowest BCUT2D eigenvalue weighted by molar-refractivity contribution is -0.384. The van der Waals surface area contributed by atoms with Crippen molar-refractivity contribution in [2.45, 2.75) is 65.9 Å². The zero-order valence-electron chi connectivity index (χ0n) is 23.0. The zero-order valence-corrected chi connectivity index (χ0v) is 24.6. The Morgan fingerprint density at radius 3 is 1.97 bits per heavy atom. The first-order chi connectivity index (χ1) is 18.3. The number of hydrogen-bond donors (Lipinski definition) is 0. The molecule has 0 fully saturated rings. The van der Waals surface area contributed by atoms with Crippen LogP contribution in [0.3, 0.4) is 0 Å². The number of Topliss-reactive ketones (excluding diaryl/α,β-unsaturated/α-hetero) is 2. The van der Waals surface area contributed by atoms with E-state index in [-0.39, 0.29) is 34.7 Å². The summed E-state index contributed by atoms with van der Waals surface area (Å²) < 4.78 is 7.13. The van der Waals surface area contributed by atoms with Gasteiger partial charge in [-0.25, -0.2) is 0 Å². The van der Waals surface area contributed by atoms with E-state index in [1.165, 1.54) is 12.1 Å². The molecule has 0 spiro atoms. The average molecular weight is 594 g/mol. The normalized spacial score (nSPS) is 20.6. The maximum Gasteiger partial charge on any atom is 0.269 e. The minimum Gasteiger partial charge on any atom is -0.489 e. The molecule has 8 heteroatoms. The van der Waals surface area contributed by atoms with E-state index in [1.54, 1.807) is 12.1 Å². The molecule has 39 heavy (non-hydrogen) atoms. The summed E-state index contributed by atoms with van der Waals surface area (Å²) in [4.78, 5) is 40.4. The highest BCUT2D eigenvalue weighted by Gasteiger charge is 2.48. The van der Waals surface area contributed by atoms with E-state index in [9.17, 15) is 19.7 Å². The molecule has 1 aliphatic heterocycles. The molecule has 0 atom stereocenters. The molecule has 0 saturated heterocycles. The third-order valence-corrected chi connectivity index (χ3v) is 8.50. The van der Waals surface area contributed by atoms with Crippen molar-refractivity contribution in [1.29, 1.82) is 0 Å². The number of benzene rings is 2. The van der Waals surface area contributed by atoms with Crippen LogP contribution in [-0.2, 0) is 16.2 Å². The lowest BCUT2D eigenvalue weighted by Crippen LogP contribution is -2.43. The maximum absolute atomic E-state index is 13.8. The lowest BCUT2D eigenvalue weighted by atomic mass is 9.63. The highest BCUT2D eigenvalue weighted by atomic mass is 79.9. The van der Waals surface area contributed by atoms with Crippen molar-refractivity contribution in [3.63, 3.8) is 0 Å². The number of carbonyl (C=O) groups is 2. The van der Waals surface area contributed by atoms with Gasteiger partial charge < -0.3 is 9.64 Å². The summed E-state index contributed by atoms with van der Waals surface area (Å²) in [5.41, 5.74) is 4.61. The monoisotopic (exact) mass is 592 g/mol. The number of carbonyl (C=O) groups excluding carboxylic acids is 2. The van der Waals surface area contributed by atoms with Crippen LogP contribution in [0.2, 0.25) is 0 Å². The third kappa shape index (κ3) is 5.19. The summed E-state index contributed by atoms with van der Waals surface area (Å²) in [5, 5.41) is 11.0. The molecule has 0 N–H and O–H groups in total. The summed E-state index contributed by atoms with van der Waals surface area (Å²) in [5.74, 6) is 0.218. The van der Waals surface area contributed by atoms with Crippen LogP contribution < -0.4 is 4.74 Å². The number of halogens is 1. The molecule has 0 saturated carbocycles. The standard InChI is InChI=1S/C31H33BrN2O5/c1-30(2)13-22-28(24(35)15-30)27(29-23(33(22)5)14-31(3,4)16-25(29)36)21-12-19(32)8-11-26(21)39-17-18-6-9-20(10-7-18)34(37)38/h6-12,27H,13-17H2,1-5H3. The maximum atomic E-state index is 13.8. The van der Waals surface area contributed by atoms with Crippen molar-refractivity contribution >= 4 is 33.2 Å². The van der Waals surface area contributed by atoms with Gasteiger partial charge in [-0.1, -0.05) is 43.6 Å². The number of hydrogen-bond acceptors (Lipinski definition) is 6. The Labute approximate surface area is 237 Å². The molecule has 0 amide bonds. The molecule has 1 heterocycles. The van der Waals surface area contributed by atoms with Gasteiger partial charge in [0, 0.05) is 70.5 Å². The Morgan fingerprint density at radius 2 is 1.46 bits per heavy atom. The first-order valence-electron chi connectivity index (χ1n) is 13.2. The summed E-state index contributed by atoms with van der Waals surface area (Å²) in [6.07, 6.45) is 2.34. The highest BCUT2D eigenvalue weighted by Crippen LogP contribution is 2.55. The molecule has 2 aliphatic carbocycles. The fourth-order valence-electron chi connectivity index (χ4n) is 6.23. The van der Waals surface area contributed by atoms with Gasteiger partial charge >= 0.3 is 0 Å². The molecular weight excluding hydrogens is 560 g/mol. The van der Waals surface area contributed by atoms with Crippen molar-refractivity contribution < 1.29 is 19.2 Å². The van der Waals surface area contributed by atoms with E-state index in [0.29, 0.717) is 29.7 Å². The van der Waals surface area contributed by atoms with Crippen LogP contribution in [0, 0.1) is 20.9 Å². The summed E-state index contributed by atoms with van der Waals surface area (Å²) in [6.45, 7) is 8.67. The molecule has 0 aromatic heterocycles. The van der Waals surface area contributed by atoms with E-state index in [1.807, 2.05) is 25.2 Å². The second-order valence-electron chi connectivity index (χ2n) is 12.5. The van der Waals surface area contributed by atoms with Crippen LogP contribution in [0.4, 0.5) is 5.69 Å². The number of nitro groups is 1.